The first-order valence-electron chi connectivity index (χ1n) is 10.8. The molecule has 168 valence electrons. The van der Waals surface area contributed by atoms with Crippen molar-refractivity contribution in [1.82, 2.24) is 9.62 Å². The molecular formula is C24H32N2O3S2. The molecule has 2 aromatic carbocycles. The zero-order valence-corrected chi connectivity index (χ0v) is 20.2. The molecule has 1 fully saturated rings. The van der Waals surface area contributed by atoms with Crippen LogP contribution in [0, 0.1) is 26.7 Å². The molecule has 0 radical (unpaired) electrons. The Balaban J connectivity index is 1.46. The number of benzene rings is 2. The summed E-state index contributed by atoms with van der Waals surface area (Å²) in [6, 6.07) is 14.1. The van der Waals surface area contributed by atoms with Gasteiger partial charge in [-0.05, 0) is 50.3 Å². The van der Waals surface area contributed by atoms with Gasteiger partial charge in [0.25, 0.3) is 0 Å². The molecule has 0 spiro atoms. The van der Waals surface area contributed by atoms with E-state index in [0.29, 0.717) is 37.4 Å². The van der Waals surface area contributed by atoms with Crippen molar-refractivity contribution in [3.8, 4) is 0 Å². The Labute approximate surface area is 190 Å². The zero-order chi connectivity index (χ0) is 22.4. The van der Waals surface area contributed by atoms with Gasteiger partial charge in [0.05, 0.1) is 4.90 Å². The van der Waals surface area contributed by atoms with Crippen LogP contribution in [0.1, 0.15) is 35.1 Å². The lowest BCUT2D eigenvalue weighted by Crippen LogP contribution is -2.43. The Morgan fingerprint density at radius 2 is 1.68 bits per heavy atom. The molecule has 1 amide bonds. The van der Waals surface area contributed by atoms with Crippen LogP contribution in [0.15, 0.2) is 47.4 Å². The van der Waals surface area contributed by atoms with Crippen LogP contribution in [0.2, 0.25) is 0 Å². The maximum atomic E-state index is 13.2. The quantitative estimate of drug-likeness (QED) is 0.603. The van der Waals surface area contributed by atoms with Crippen molar-refractivity contribution in [1.29, 1.82) is 0 Å². The van der Waals surface area contributed by atoms with E-state index in [1.165, 1.54) is 9.87 Å². The SMILES string of the molecule is Cc1cc(C)c(S(=O)(=O)N2CCC(C(=O)NCCSCc3ccccc3)CC2)c(C)c1. The summed E-state index contributed by atoms with van der Waals surface area (Å²) in [6.45, 7) is 7.08. The molecule has 1 heterocycles. The number of nitrogens with zero attached hydrogens (tertiary/aromatic N) is 1. The zero-order valence-electron chi connectivity index (χ0n) is 18.6. The second-order valence-electron chi connectivity index (χ2n) is 8.24. The molecule has 0 saturated carbocycles. The van der Waals surface area contributed by atoms with Gasteiger partial charge in [-0.25, -0.2) is 8.42 Å². The van der Waals surface area contributed by atoms with E-state index in [1.807, 2.05) is 51.1 Å². The van der Waals surface area contributed by atoms with E-state index in [-0.39, 0.29) is 11.8 Å². The third-order valence-corrected chi connectivity index (χ3v) is 8.92. The van der Waals surface area contributed by atoms with E-state index in [2.05, 4.69) is 17.4 Å². The molecule has 1 aliphatic heterocycles. The number of carbonyl (C=O) groups excluding carboxylic acids is 1. The lowest BCUT2D eigenvalue weighted by Gasteiger charge is -2.31. The highest BCUT2D eigenvalue weighted by atomic mass is 32.2. The number of thioether (sulfide) groups is 1. The topological polar surface area (TPSA) is 66.5 Å². The summed E-state index contributed by atoms with van der Waals surface area (Å²) in [6.07, 6.45) is 1.12. The summed E-state index contributed by atoms with van der Waals surface area (Å²) in [4.78, 5) is 12.9. The van der Waals surface area contributed by atoms with Crippen molar-refractivity contribution in [2.45, 2.75) is 44.3 Å². The maximum Gasteiger partial charge on any atom is 0.243 e. The third-order valence-electron chi connectivity index (χ3n) is 5.68. The van der Waals surface area contributed by atoms with Gasteiger partial charge in [-0.2, -0.15) is 16.1 Å². The Morgan fingerprint density at radius 1 is 1.06 bits per heavy atom. The summed E-state index contributed by atoms with van der Waals surface area (Å²) < 4.78 is 27.9. The third kappa shape index (κ3) is 6.11. The van der Waals surface area contributed by atoms with Crippen LogP contribution in [0.5, 0.6) is 0 Å². The summed E-state index contributed by atoms with van der Waals surface area (Å²) >= 11 is 1.80. The van der Waals surface area contributed by atoms with Crippen molar-refractivity contribution in [2.24, 2.45) is 5.92 Å². The second-order valence-corrected chi connectivity index (χ2v) is 11.2. The lowest BCUT2D eigenvalue weighted by molar-refractivity contribution is -0.125. The molecule has 5 nitrogen and oxygen atoms in total. The predicted molar refractivity (Wildman–Crippen MR) is 128 cm³/mol. The van der Waals surface area contributed by atoms with Crippen LogP contribution >= 0.6 is 11.8 Å². The van der Waals surface area contributed by atoms with Gasteiger partial charge in [0.15, 0.2) is 0 Å². The highest BCUT2D eigenvalue weighted by molar-refractivity contribution is 7.98. The molecular weight excluding hydrogens is 428 g/mol. The van der Waals surface area contributed by atoms with Gasteiger partial charge >= 0.3 is 0 Å². The fourth-order valence-electron chi connectivity index (χ4n) is 4.22. The van der Waals surface area contributed by atoms with Crippen LogP contribution in [0.25, 0.3) is 0 Å². The van der Waals surface area contributed by atoms with Crippen LogP contribution < -0.4 is 5.32 Å². The van der Waals surface area contributed by atoms with Gasteiger partial charge in [0, 0.05) is 37.1 Å². The highest BCUT2D eigenvalue weighted by Crippen LogP contribution is 2.28. The molecule has 0 unspecified atom stereocenters. The molecule has 7 heteroatoms. The number of piperidine rings is 1. The van der Waals surface area contributed by atoms with Gasteiger partial charge in [-0.3, -0.25) is 4.79 Å². The molecule has 31 heavy (non-hydrogen) atoms. The fraction of sp³-hybridized carbons (Fsp3) is 0.458. The number of hydrogen-bond acceptors (Lipinski definition) is 4. The van der Waals surface area contributed by atoms with E-state index in [0.717, 1.165) is 28.2 Å². The standard InChI is InChI=1S/C24H32N2O3S2/c1-18-15-19(2)23(20(3)16-18)31(28,29)26-12-9-22(10-13-26)24(27)25-11-14-30-17-21-7-5-4-6-8-21/h4-8,15-16,22H,9-14,17H2,1-3H3,(H,25,27). The second kappa shape index (κ2) is 10.7. The van der Waals surface area contributed by atoms with E-state index >= 15 is 0 Å². The monoisotopic (exact) mass is 460 g/mol. The van der Waals surface area contributed by atoms with Crippen molar-refractivity contribution in [2.75, 3.05) is 25.4 Å². The van der Waals surface area contributed by atoms with E-state index in [9.17, 15) is 13.2 Å². The van der Waals surface area contributed by atoms with Crippen molar-refractivity contribution >= 4 is 27.7 Å². The minimum atomic E-state index is -3.54. The van der Waals surface area contributed by atoms with E-state index < -0.39 is 10.0 Å². The molecule has 1 N–H and O–H groups in total. The smallest absolute Gasteiger partial charge is 0.243 e. The number of nitrogens with one attached hydrogen (secondary N) is 1. The Kier molecular flexibility index (Phi) is 8.19. The lowest BCUT2D eigenvalue weighted by atomic mass is 9.97. The fourth-order valence-corrected chi connectivity index (χ4v) is 6.92. The first-order chi connectivity index (χ1) is 14.8. The summed E-state index contributed by atoms with van der Waals surface area (Å²) in [7, 11) is -3.54. The van der Waals surface area contributed by atoms with Crippen LogP contribution in [0.4, 0.5) is 0 Å². The minimum absolute atomic E-state index is 0.0417. The number of amides is 1. The van der Waals surface area contributed by atoms with Crippen molar-refractivity contribution in [3.05, 3.63) is 64.7 Å². The normalized spacial score (nSPS) is 15.7. The van der Waals surface area contributed by atoms with Gasteiger partial charge in [-0.1, -0.05) is 48.0 Å². The Hall–Kier alpha value is -1.83. The van der Waals surface area contributed by atoms with Crippen LogP contribution in [0.3, 0.4) is 0 Å². The first-order valence-corrected chi connectivity index (χ1v) is 13.4. The van der Waals surface area contributed by atoms with Gasteiger partial charge in [0.1, 0.15) is 0 Å². The minimum Gasteiger partial charge on any atom is -0.355 e. The highest BCUT2D eigenvalue weighted by Gasteiger charge is 2.33. The van der Waals surface area contributed by atoms with E-state index in [4.69, 9.17) is 0 Å². The largest absolute Gasteiger partial charge is 0.355 e. The molecule has 2 aromatic rings. The van der Waals surface area contributed by atoms with Crippen LogP contribution in [-0.2, 0) is 20.6 Å². The number of carbonyl (C=O) groups is 1. The summed E-state index contributed by atoms with van der Waals surface area (Å²) in [5.41, 5.74) is 3.91. The molecule has 1 aliphatic rings. The van der Waals surface area contributed by atoms with Crippen molar-refractivity contribution in [3.63, 3.8) is 0 Å². The maximum absolute atomic E-state index is 13.2. The predicted octanol–water partition coefficient (Wildman–Crippen LogP) is 4.06. The number of sulfonamides is 1. The van der Waals surface area contributed by atoms with Crippen LogP contribution in [-0.4, -0.2) is 44.0 Å². The molecule has 0 aliphatic carbocycles. The molecule has 1 saturated heterocycles. The average molecular weight is 461 g/mol. The first kappa shape index (κ1) is 23.8. The molecule has 0 aromatic heterocycles. The summed E-state index contributed by atoms with van der Waals surface area (Å²) in [5, 5.41) is 3.02. The summed E-state index contributed by atoms with van der Waals surface area (Å²) in [5.74, 6) is 1.72. The Bertz CT molecular complexity index is 976. The average Bonchev–Trinajstić information content (AvgIpc) is 2.73. The molecule has 0 bridgehead atoms. The van der Waals surface area contributed by atoms with Gasteiger partial charge < -0.3 is 5.32 Å². The molecule has 3 rings (SSSR count). The Morgan fingerprint density at radius 3 is 2.29 bits per heavy atom. The van der Waals surface area contributed by atoms with Gasteiger partial charge in [-0.15, -0.1) is 0 Å². The van der Waals surface area contributed by atoms with Gasteiger partial charge in [0.2, 0.25) is 15.9 Å². The number of rotatable bonds is 8. The van der Waals surface area contributed by atoms with Crippen molar-refractivity contribution < 1.29 is 13.2 Å². The number of hydrogen-bond donors (Lipinski definition) is 1. The van der Waals surface area contributed by atoms with E-state index in [1.54, 1.807) is 11.8 Å². The molecule has 0 atom stereocenters. The number of aryl methyl sites for hydroxylation is 3.